The molecule has 8 atom stereocenters. The molecule has 0 bridgehead atoms. The number of hydrogen-bond acceptors (Lipinski definition) is 22. The highest BCUT2D eigenvalue weighted by atomic mass is 127. The first-order valence-electron chi connectivity index (χ1n) is 27.3. The van der Waals surface area contributed by atoms with Crippen LogP contribution in [0.25, 0.3) is 22.3 Å². The molecule has 0 saturated carbocycles. The van der Waals surface area contributed by atoms with Gasteiger partial charge >= 0.3 is 12.2 Å². The van der Waals surface area contributed by atoms with Crippen LogP contribution in [0.5, 0.6) is 23.0 Å². The van der Waals surface area contributed by atoms with E-state index >= 15 is 0 Å². The number of carbonyl (C=O) groups excluding carboxylic acids is 4. The first-order valence-corrected chi connectivity index (χ1v) is 28.4. The number of anilines is 2. The zero-order valence-electron chi connectivity index (χ0n) is 47.0. The number of amides is 4. The number of aliphatic hydroxyl groups excluding tert-OH is 4. The quantitative estimate of drug-likeness (QED) is 0.0496. The normalized spacial score (nSPS) is 22.2. The summed E-state index contributed by atoms with van der Waals surface area (Å²) in [6, 6.07) is 13.8. The van der Waals surface area contributed by atoms with E-state index in [-0.39, 0.29) is 46.7 Å². The molecule has 29 heteroatoms. The number of piperidine rings is 2. The number of nitrogens with two attached hydrogens (primary N) is 2. The zero-order chi connectivity index (χ0) is 60.9. The van der Waals surface area contributed by atoms with Gasteiger partial charge in [0.2, 0.25) is 5.82 Å². The van der Waals surface area contributed by atoms with E-state index in [1.807, 2.05) is 22.6 Å². The highest BCUT2D eigenvalue weighted by molar-refractivity contribution is 14.1. The van der Waals surface area contributed by atoms with Crippen LogP contribution in [0.4, 0.5) is 21.2 Å². The van der Waals surface area contributed by atoms with E-state index in [1.54, 1.807) is 86.4 Å². The molecule has 0 aliphatic carbocycles. The molecule has 10 N–H and O–H groups in total. The summed E-state index contributed by atoms with van der Waals surface area (Å²) in [5.41, 5.74) is 13.2. The molecule has 4 aromatic heterocycles. The predicted molar refractivity (Wildman–Crippen MR) is 313 cm³/mol. The minimum absolute atomic E-state index is 0.0973. The molecular formula is C56H67IN14O14. The molecule has 452 valence electrons. The number of halogens is 1. The van der Waals surface area contributed by atoms with Crippen LogP contribution in [-0.4, -0.2) is 183 Å². The molecule has 2 aromatic carbocycles. The van der Waals surface area contributed by atoms with E-state index in [0.717, 1.165) is 37.9 Å². The molecule has 4 fully saturated rings. The van der Waals surface area contributed by atoms with Crippen LogP contribution in [0.15, 0.2) is 61.2 Å². The summed E-state index contributed by atoms with van der Waals surface area (Å²) in [6.45, 7) is 6.76. The van der Waals surface area contributed by atoms with Gasteiger partial charge < -0.3 is 80.7 Å². The van der Waals surface area contributed by atoms with Crippen molar-refractivity contribution < 1.29 is 68.0 Å². The van der Waals surface area contributed by atoms with Crippen molar-refractivity contribution in [3.8, 4) is 47.2 Å². The number of likely N-dealkylation sites (tertiary alicyclic amines) is 2. The number of imidazole rings is 2. The van der Waals surface area contributed by atoms with E-state index in [4.69, 9.17) is 46.3 Å². The molecule has 0 radical (unpaired) electrons. The highest BCUT2D eigenvalue weighted by Crippen LogP contribution is 2.34. The van der Waals surface area contributed by atoms with Gasteiger partial charge in [0, 0.05) is 74.7 Å². The molecule has 8 heterocycles. The molecule has 28 nitrogen and oxygen atoms in total. The molecule has 2 unspecified atom stereocenters. The average molecular weight is 1290 g/mol. The van der Waals surface area contributed by atoms with Gasteiger partial charge in [-0.3, -0.25) is 18.7 Å². The zero-order valence-corrected chi connectivity index (χ0v) is 49.1. The third kappa shape index (κ3) is 15.2. The Morgan fingerprint density at radius 1 is 0.635 bits per heavy atom. The van der Waals surface area contributed by atoms with Crippen molar-refractivity contribution in [3.05, 3.63) is 70.8 Å². The maximum absolute atomic E-state index is 12.5. The van der Waals surface area contributed by atoms with E-state index in [9.17, 15) is 39.6 Å². The van der Waals surface area contributed by atoms with Crippen molar-refractivity contribution >= 4 is 80.6 Å². The van der Waals surface area contributed by atoms with E-state index in [0.29, 0.717) is 83.9 Å². The second-order valence-electron chi connectivity index (χ2n) is 20.0. The number of aliphatic hydroxyl groups is 4. The smallest absolute Gasteiger partial charge is 0.415 e. The van der Waals surface area contributed by atoms with Gasteiger partial charge in [-0.25, -0.2) is 39.5 Å². The fraction of sp³-hybridized carbons (Fsp3) is 0.464. The Hall–Kier alpha value is -8.17. The van der Waals surface area contributed by atoms with Crippen molar-refractivity contribution in [1.29, 1.82) is 0 Å². The minimum Gasteiger partial charge on any atom is -0.497 e. The van der Waals surface area contributed by atoms with E-state index in [2.05, 4.69) is 58.3 Å². The molecule has 10 rings (SSSR count). The molecule has 4 aliphatic rings. The Morgan fingerprint density at radius 2 is 1.05 bits per heavy atom. The van der Waals surface area contributed by atoms with Crippen LogP contribution in [0.3, 0.4) is 0 Å². The fourth-order valence-electron chi connectivity index (χ4n) is 9.74. The number of methoxy groups -OCH3 is 2. The minimum atomic E-state index is -1.44. The lowest BCUT2D eigenvalue weighted by molar-refractivity contribution is -0.138. The fourth-order valence-corrected chi connectivity index (χ4v) is 10.2. The Kier molecular flexibility index (Phi) is 21.5. The number of aromatic nitrogens is 8. The number of likely N-dealkylation sites (N-methyl/N-ethyl adjacent to an activating group) is 2. The number of carbonyl (C=O) groups is 4. The largest absolute Gasteiger partial charge is 0.497 e. The number of hydrogen-bond donors (Lipinski definition) is 8. The van der Waals surface area contributed by atoms with E-state index in [1.165, 1.54) is 21.8 Å². The Bertz CT molecular complexity index is 3390. The van der Waals surface area contributed by atoms with E-state index < -0.39 is 60.9 Å². The van der Waals surface area contributed by atoms with Gasteiger partial charge in [0.1, 0.15) is 58.4 Å². The number of nitrogen functional groups attached to an aromatic ring is 2. The summed E-state index contributed by atoms with van der Waals surface area (Å²) in [6.07, 6.45) is 2.11. The molecule has 85 heavy (non-hydrogen) atoms. The van der Waals surface area contributed by atoms with Crippen molar-refractivity contribution in [2.24, 2.45) is 11.8 Å². The van der Waals surface area contributed by atoms with Crippen molar-refractivity contribution in [2.45, 2.75) is 101 Å². The molecule has 6 aromatic rings. The first-order chi connectivity index (χ1) is 40.9. The average Bonchev–Trinajstić information content (AvgIpc) is 2.16. The van der Waals surface area contributed by atoms with Gasteiger partial charge in [-0.15, -0.1) is 12.3 Å². The van der Waals surface area contributed by atoms with Gasteiger partial charge in [-0.1, -0.05) is 5.92 Å². The second kappa shape index (κ2) is 29.1. The third-order valence-corrected chi connectivity index (χ3v) is 14.9. The van der Waals surface area contributed by atoms with Crippen molar-refractivity contribution in [2.75, 3.05) is 65.0 Å². The predicted octanol–water partition coefficient (Wildman–Crippen LogP) is 2.52. The summed E-state index contributed by atoms with van der Waals surface area (Å²) in [4.78, 5) is 77.4. The maximum atomic E-state index is 12.5. The number of terminal acetylenes is 1. The van der Waals surface area contributed by atoms with Gasteiger partial charge in [-0.05, 0) is 106 Å². The SMILES string of the molecule is C#CCC1CCN(C(=O)Oc2ccc(OC)cc2)CC1.CCNC(=O)[C@H]1O[C@@H](n2cnc3c(N)nc(C#CCC4CCN(C(=O)Oc5ccc(OC)cc5)CC4)nc32)[C@@H](O)C1O.CCNC(=O)[C@H]1O[C@@H](n2cnc3c(N)nc(I)nc32)[C@@H](O)C1O. The first kappa shape index (κ1) is 62.9. The number of fused-ring (bicyclic) bond motifs is 2. The lowest BCUT2D eigenvalue weighted by atomic mass is 9.94. The Balaban J connectivity index is 0.000000184. The summed E-state index contributed by atoms with van der Waals surface area (Å²) in [5, 5.41) is 46.4. The molecule has 4 aliphatic heterocycles. The summed E-state index contributed by atoms with van der Waals surface area (Å²) in [7, 11) is 3.17. The molecule has 0 spiro atoms. The molecule has 4 amide bonds. The van der Waals surface area contributed by atoms with Crippen LogP contribution in [-0.2, 0) is 19.1 Å². The van der Waals surface area contributed by atoms with Gasteiger partial charge in [0.15, 0.2) is 51.4 Å². The monoisotopic (exact) mass is 1290 g/mol. The van der Waals surface area contributed by atoms with Gasteiger partial charge in [0.05, 0.1) is 26.9 Å². The number of nitrogens with one attached hydrogen (secondary N) is 2. The standard InChI is InChI=1S/C28H33N7O7.C16H19NO3.C12H15IN6O4/c1-3-30-26(38)23-21(36)22(37)27(42-23)35-15-31-20-24(29)32-19(33-25(20)35)6-4-5-16-11-13-34(14-12-16)28(39)41-18-9-7-17(40-2)8-10-18;1-3-4-13-9-11-17(12-10-13)16(18)20-15-7-5-14(19-2)6-8-15;1-2-15-10(22)7-5(20)6(21)11(23-7)19-3-16-4-8(14)17-12(13)18-9(4)19/h7-10,15-16,21-23,27,36-37H,3,5,11-14H2,1-2H3,(H,30,38)(H2,29,32,33);1,5-8,13H,4,9-12H2,2H3;3,5-7,11,20-21H,2H2,1H3,(H,15,22)(H2,14,17,18)/t21?,22-,23-,27+;;5?,6-,7-,11+/m0.0/s1. The van der Waals surface area contributed by atoms with Crippen LogP contribution in [0.1, 0.15) is 70.7 Å². The Labute approximate surface area is 502 Å². The number of ether oxygens (including phenoxy) is 6. The number of nitrogens with zero attached hydrogens (tertiary/aromatic N) is 10. The van der Waals surface area contributed by atoms with Crippen molar-refractivity contribution in [1.82, 2.24) is 59.5 Å². The van der Waals surface area contributed by atoms with Gasteiger partial charge in [-0.2, -0.15) is 0 Å². The second-order valence-corrected chi connectivity index (χ2v) is 20.9. The topological polar surface area (TPSA) is 374 Å². The lowest BCUT2D eigenvalue weighted by Crippen LogP contribution is -2.42. The van der Waals surface area contributed by atoms with Crippen molar-refractivity contribution in [3.63, 3.8) is 0 Å². The summed E-state index contributed by atoms with van der Waals surface area (Å²) >= 11 is 1.91. The van der Waals surface area contributed by atoms with Crippen LogP contribution >= 0.6 is 22.6 Å². The molecular weight excluding hydrogens is 1220 g/mol. The van der Waals surface area contributed by atoms with Gasteiger partial charge in [0.25, 0.3) is 11.8 Å². The number of rotatable bonds is 12. The number of benzene rings is 2. The molecule has 4 saturated heterocycles. The summed E-state index contributed by atoms with van der Waals surface area (Å²) in [5.74, 6) is 11.4. The van der Waals surface area contributed by atoms with Crippen LogP contribution in [0.2, 0.25) is 0 Å². The third-order valence-electron chi connectivity index (χ3n) is 14.4. The lowest BCUT2D eigenvalue weighted by Gasteiger charge is -2.30. The Morgan fingerprint density at radius 3 is 1.47 bits per heavy atom. The maximum Gasteiger partial charge on any atom is 0.415 e. The summed E-state index contributed by atoms with van der Waals surface area (Å²) < 4.78 is 35.5. The highest BCUT2D eigenvalue weighted by Gasteiger charge is 2.49. The van der Waals surface area contributed by atoms with Crippen LogP contribution < -0.4 is 41.0 Å². The van der Waals surface area contributed by atoms with Crippen LogP contribution in [0, 0.1) is 39.9 Å².